The molecule has 0 fully saturated rings. The van der Waals surface area contributed by atoms with Gasteiger partial charge in [0.1, 0.15) is 5.82 Å². The molecular weight excluding hydrogens is 442 g/mol. The van der Waals surface area contributed by atoms with E-state index in [0.717, 1.165) is 0 Å². The Morgan fingerprint density at radius 2 is 2.03 bits per heavy atom. The molecule has 0 aromatic carbocycles. The van der Waals surface area contributed by atoms with Crippen molar-refractivity contribution < 1.29 is 13.5 Å². The van der Waals surface area contributed by atoms with Gasteiger partial charge in [-0.3, -0.25) is 9.36 Å². The number of hydrogen-bond acceptors (Lipinski definition) is 7. The lowest BCUT2D eigenvalue weighted by atomic mass is 9.95. The van der Waals surface area contributed by atoms with Crippen LogP contribution in [0, 0.1) is 5.41 Å². The van der Waals surface area contributed by atoms with Crippen molar-refractivity contribution in [3.8, 4) is 11.6 Å². The normalized spacial score (nSPS) is 14.6. The van der Waals surface area contributed by atoms with Crippen LogP contribution in [-0.4, -0.2) is 47.4 Å². The molecule has 3 N–H and O–H groups in total. The van der Waals surface area contributed by atoms with Gasteiger partial charge in [-0.15, -0.1) is 0 Å². The van der Waals surface area contributed by atoms with E-state index in [1.54, 1.807) is 62.8 Å². The molecule has 0 unspecified atom stereocenters. The lowest BCUT2D eigenvalue weighted by Crippen LogP contribution is -2.24. The minimum atomic E-state index is -2.65. The summed E-state index contributed by atoms with van der Waals surface area (Å²) < 4.78 is 31.7. The Balaban J connectivity index is 1.94. The van der Waals surface area contributed by atoms with Gasteiger partial charge in [-0.2, -0.15) is 4.98 Å². The summed E-state index contributed by atoms with van der Waals surface area (Å²) in [6.07, 6.45) is 5.64. The zero-order valence-corrected chi connectivity index (χ0v) is 18.5. The molecule has 10 heteroatoms. The van der Waals surface area contributed by atoms with E-state index >= 15 is 0 Å². The van der Waals surface area contributed by atoms with E-state index in [1.165, 1.54) is 16.8 Å². The van der Waals surface area contributed by atoms with Gasteiger partial charge in [0.05, 0.1) is 17.6 Å². The molecule has 174 valence electrons. The van der Waals surface area contributed by atoms with Crippen LogP contribution in [0.3, 0.4) is 0 Å². The summed E-state index contributed by atoms with van der Waals surface area (Å²) in [5, 5.41) is 14.5. The number of nitrogens with zero attached hydrogens (tertiary/aromatic N) is 3. The third kappa shape index (κ3) is 4.56. The first-order chi connectivity index (χ1) is 16.4. The second-order valence-electron chi connectivity index (χ2n) is 7.35. The van der Waals surface area contributed by atoms with Gasteiger partial charge in [-0.1, -0.05) is 6.08 Å². The van der Waals surface area contributed by atoms with Gasteiger partial charge in [-0.05, 0) is 42.0 Å². The Kier molecular flexibility index (Phi) is 6.48. The Hall–Kier alpha value is -4.34. The summed E-state index contributed by atoms with van der Waals surface area (Å²) in [5.74, 6) is 0.599. The van der Waals surface area contributed by atoms with Gasteiger partial charge < -0.3 is 20.8 Å². The van der Waals surface area contributed by atoms with Crippen molar-refractivity contribution in [1.29, 1.82) is 5.41 Å². The van der Waals surface area contributed by atoms with Gasteiger partial charge >= 0.3 is 0 Å². The molecule has 3 aromatic heterocycles. The van der Waals surface area contributed by atoms with Crippen LogP contribution in [0.5, 0.6) is 5.88 Å². The van der Waals surface area contributed by atoms with Gasteiger partial charge in [-0.25, -0.2) is 13.8 Å². The van der Waals surface area contributed by atoms with E-state index in [0.29, 0.717) is 39.3 Å². The summed E-state index contributed by atoms with van der Waals surface area (Å²) in [6, 6.07) is 8.27. The lowest BCUT2D eigenvalue weighted by Gasteiger charge is -2.16. The predicted octanol–water partition coefficient (Wildman–Crippen LogP) is 3.54. The van der Waals surface area contributed by atoms with E-state index in [-0.39, 0.29) is 17.1 Å². The molecule has 1 aliphatic carbocycles. The molecule has 4 rings (SSSR count). The van der Waals surface area contributed by atoms with Gasteiger partial charge in [0.25, 0.3) is 12.0 Å². The fourth-order valence-electron chi connectivity index (χ4n) is 3.51. The maximum absolute atomic E-state index is 13.7. The van der Waals surface area contributed by atoms with Crippen LogP contribution in [0.25, 0.3) is 22.3 Å². The standard InChI is InChI=1S/C24H22F2N6O2/c1-28-11-16-9-14(3-6-19(16)27)18-10-15-4-8-22(34-13-20(25)26)31-23(15)32(24(18)33)17-5-7-21(29-2)30-12-17/h3-12,20,27-28H,13H2,1-2H3,(H,29,30)/b16-11-,27-19?. The molecule has 3 heterocycles. The molecule has 0 amide bonds. The average Bonchev–Trinajstić information content (AvgIpc) is 2.84. The minimum Gasteiger partial charge on any atom is -0.472 e. The highest BCUT2D eigenvalue weighted by atomic mass is 19.3. The molecule has 34 heavy (non-hydrogen) atoms. The number of nitrogens with one attached hydrogen (secondary N) is 3. The quantitative estimate of drug-likeness (QED) is 0.494. The van der Waals surface area contributed by atoms with Gasteiger partial charge in [0, 0.05) is 42.9 Å². The summed E-state index contributed by atoms with van der Waals surface area (Å²) in [7, 11) is 3.46. The first-order valence-electron chi connectivity index (χ1n) is 10.4. The smallest absolute Gasteiger partial charge is 0.272 e. The third-order valence-electron chi connectivity index (χ3n) is 5.11. The maximum Gasteiger partial charge on any atom is 0.272 e. The topological polar surface area (TPSA) is 105 Å². The highest BCUT2D eigenvalue weighted by Crippen LogP contribution is 2.26. The molecule has 0 bridgehead atoms. The van der Waals surface area contributed by atoms with Crippen molar-refractivity contribution >= 4 is 28.1 Å². The van der Waals surface area contributed by atoms with E-state index in [9.17, 15) is 13.6 Å². The summed E-state index contributed by atoms with van der Waals surface area (Å²) >= 11 is 0. The first-order valence-corrected chi connectivity index (χ1v) is 10.4. The summed E-state index contributed by atoms with van der Waals surface area (Å²) in [5.41, 5.74) is 2.27. The largest absolute Gasteiger partial charge is 0.472 e. The Morgan fingerprint density at radius 3 is 2.71 bits per heavy atom. The van der Waals surface area contributed by atoms with Crippen molar-refractivity contribution in [3.05, 3.63) is 82.4 Å². The molecule has 1 aliphatic rings. The lowest BCUT2D eigenvalue weighted by molar-refractivity contribution is 0.0797. The van der Waals surface area contributed by atoms with Crippen molar-refractivity contribution in [2.45, 2.75) is 6.43 Å². The summed E-state index contributed by atoms with van der Waals surface area (Å²) in [4.78, 5) is 22.3. The van der Waals surface area contributed by atoms with Crippen LogP contribution in [0.2, 0.25) is 0 Å². The number of hydrogen-bond donors (Lipinski definition) is 3. The SMILES string of the molecule is CN/C=C1/C=C(c2cc3ccc(OCC(F)F)nc3n(-c3ccc(NC)nc3)c2=O)C=CC1=N. The monoisotopic (exact) mass is 464 g/mol. The number of allylic oxidation sites excluding steroid dienone is 5. The number of rotatable bonds is 7. The number of aromatic nitrogens is 3. The Labute approximate surface area is 193 Å². The fraction of sp³-hybridized carbons (Fsp3) is 0.167. The van der Waals surface area contributed by atoms with Crippen LogP contribution in [0.1, 0.15) is 5.56 Å². The molecule has 0 aliphatic heterocycles. The zero-order valence-electron chi connectivity index (χ0n) is 18.5. The van der Waals surface area contributed by atoms with Crippen LogP contribution in [-0.2, 0) is 0 Å². The van der Waals surface area contributed by atoms with Crippen LogP contribution in [0.15, 0.2) is 71.3 Å². The second kappa shape index (κ2) is 9.65. The second-order valence-corrected chi connectivity index (χ2v) is 7.35. The Bertz CT molecular complexity index is 1390. The molecule has 0 radical (unpaired) electrons. The molecule has 0 saturated heterocycles. The van der Waals surface area contributed by atoms with Crippen molar-refractivity contribution in [2.75, 3.05) is 26.0 Å². The average molecular weight is 464 g/mol. The summed E-state index contributed by atoms with van der Waals surface area (Å²) in [6.45, 7) is -0.802. The van der Waals surface area contributed by atoms with Crippen molar-refractivity contribution in [2.24, 2.45) is 0 Å². The fourth-order valence-corrected chi connectivity index (χ4v) is 3.51. The third-order valence-corrected chi connectivity index (χ3v) is 5.11. The van der Waals surface area contributed by atoms with Crippen LogP contribution >= 0.6 is 0 Å². The zero-order chi connectivity index (χ0) is 24.2. The number of halogens is 2. The highest BCUT2D eigenvalue weighted by Gasteiger charge is 2.18. The molecule has 3 aromatic rings. The van der Waals surface area contributed by atoms with Crippen molar-refractivity contribution in [3.63, 3.8) is 0 Å². The van der Waals surface area contributed by atoms with Gasteiger partial charge in [0.2, 0.25) is 5.88 Å². The van der Waals surface area contributed by atoms with Crippen molar-refractivity contribution in [1.82, 2.24) is 19.9 Å². The highest BCUT2D eigenvalue weighted by molar-refractivity contribution is 6.13. The number of fused-ring (bicyclic) bond motifs is 1. The first kappa shape index (κ1) is 22.8. The van der Waals surface area contributed by atoms with E-state index in [2.05, 4.69) is 20.6 Å². The van der Waals surface area contributed by atoms with Crippen LogP contribution < -0.4 is 20.9 Å². The molecular formula is C24H22F2N6O2. The molecule has 0 saturated carbocycles. The van der Waals surface area contributed by atoms with E-state index in [1.807, 2.05) is 0 Å². The molecule has 0 atom stereocenters. The maximum atomic E-state index is 13.7. The van der Waals surface area contributed by atoms with E-state index in [4.69, 9.17) is 10.1 Å². The van der Waals surface area contributed by atoms with E-state index < -0.39 is 13.0 Å². The Morgan fingerprint density at radius 1 is 1.21 bits per heavy atom. The number of pyridine rings is 3. The number of ether oxygens (including phenoxy) is 1. The number of anilines is 1. The number of alkyl halides is 2. The molecule has 0 spiro atoms. The minimum absolute atomic E-state index is 0.0158. The van der Waals surface area contributed by atoms with Gasteiger partial charge in [0.15, 0.2) is 12.3 Å². The molecule has 8 nitrogen and oxygen atoms in total. The predicted molar refractivity (Wildman–Crippen MR) is 128 cm³/mol. The van der Waals surface area contributed by atoms with Crippen LogP contribution in [0.4, 0.5) is 14.6 Å².